The van der Waals surface area contributed by atoms with Gasteiger partial charge in [0.1, 0.15) is 12.1 Å². The van der Waals surface area contributed by atoms with Crippen molar-refractivity contribution in [3.05, 3.63) is 65.2 Å². The van der Waals surface area contributed by atoms with Crippen LogP contribution in [0.4, 0.5) is 10.5 Å². The summed E-state index contributed by atoms with van der Waals surface area (Å²) in [5.74, 6) is -1.15. The van der Waals surface area contributed by atoms with Crippen LogP contribution in [0.5, 0.6) is 0 Å². The van der Waals surface area contributed by atoms with Gasteiger partial charge in [0.25, 0.3) is 11.8 Å². The molecule has 1 saturated heterocycles. The van der Waals surface area contributed by atoms with Crippen LogP contribution < -0.4 is 10.6 Å². The summed E-state index contributed by atoms with van der Waals surface area (Å²) in [5.41, 5.74) is 1.43. The number of amides is 5. The maximum atomic E-state index is 13.1. The van der Waals surface area contributed by atoms with Gasteiger partial charge < -0.3 is 15.5 Å². The van der Waals surface area contributed by atoms with E-state index in [2.05, 4.69) is 31.4 Å². The molecule has 0 bridgehead atoms. The summed E-state index contributed by atoms with van der Waals surface area (Å²) in [4.78, 5) is 52.5. The van der Waals surface area contributed by atoms with Crippen LogP contribution in [-0.4, -0.2) is 54.2 Å². The van der Waals surface area contributed by atoms with Gasteiger partial charge in [-0.05, 0) is 47.7 Å². The molecule has 0 spiro atoms. The van der Waals surface area contributed by atoms with E-state index >= 15 is 0 Å². The zero-order chi connectivity index (χ0) is 24.6. The molecule has 8 nitrogen and oxygen atoms in total. The monoisotopic (exact) mass is 450 g/mol. The van der Waals surface area contributed by atoms with Gasteiger partial charge in [-0.3, -0.25) is 19.3 Å². The molecular formula is C25H30N4O4. The Kier molecular flexibility index (Phi) is 6.31. The number of anilines is 1. The third-order valence-corrected chi connectivity index (χ3v) is 5.73. The van der Waals surface area contributed by atoms with Gasteiger partial charge in [0.15, 0.2) is 0 Å². The minimum absolute atomic E-state index is 0.0373. The lowest BCUT2D eigenvalue weighted by Crippen LogP contribution is -2.42. The highest BCUT2D eigenvalue weighted by Crippen LogP contribution is 2.31. The highest BCUT2D eigenvalue weighted by atomic mass is 16.2. The number of hydrogen-bond donors (Lipinski definition) is 2. The molecule has 174 valence electrons. The zero-order valence-electron chi connectivity index (χ0n) is 19.9. The molecule has 1 aliphatic heterocycles. The Bertz CT molecular complexity index is 1080. The van der Waals surface area contributed by atoms with Gasteiger partial charge in [0, 0.05) is 25.3 Å². The van der Waals surface area contributed by atoms with E-state index in [0.29, 0.717) is 16.8 Å². The number of rotatable bonds is 5. The van der Waals surface area contributed by atoms with E-state index in [4.69, 9.17) is 0 Å². The number of nitrogens with zero attached hydrogens (tertiary/aromatic N) is 2. The lowest BCUT2D eigenvalue weighted by Gasteiger charge is -2.24. The van der Waals surface area contributed by atoms with E-state index < -0.39 is 29.9 Å². The molecule has 1 unspecified atom stereocenters. The predicted molar refractivity (Wildman–Crippen MR) is 126 cm³/mol. The summed E-state index contributed by atoms with van der Waals surface area (Å²) < 4.78 is 0. The molecule has 8 heteroatoms. The van der Waals surface area contributed by atoms with Crippen molar-refractivity contribution in [3.8, 4) is 0 Å². The molecule has 33 heavy (non-hydrogen) atoms. The van der Waals surface area contributed by atoms with Gasteiger partial charge >= 0.3 is 6.03 Å². The Labute approximate surface area is 193 Å². The van der Waals surface area contributed by atoms with E-state index in [1.807, 2.05) is 24.3 Å². The van der Waals surface area contributed by atoms with Gasteiger partial charge in [-0.2, -0.15) is 0 Å². The first kappa shape index (κ1) is 24.0. The first-order valence-corrected chi connectivity index (χ1v) is 10.7. The molecule has 1 fully saturated rings. The topological polar surface area (TPSA) is 98.8 Å². The van der Waals surface area contributed by atoms with E-state index in [0.717, 1.165) is 10.5 Å². The number of carbonyl (C=O) groups excluding carboxylic acids is 4. The van der Waals surface area contributed by atoms with Gasteiger partial charge in [-0.1, -0.05) is 45.0 Å². The summed E-state index contributed by atoms with van der Waals surface area (Å²) in [7, 11) is 3.31. The first-order chi connectivity index (χ1) is 15.3. The quantitative estimate of drug-likeness (QED) is 0.684. The predicted octanol–water partition coefficient (Wildman–Crippen LogP) is 3.09. The second-order valence-corrected chi connectivity index (χ2v) is 9.60. The first-order valence-electron chi connectivity index (χ1n) is 10.7. The maximum Gasteiger partial charge on any atom is 0.325 e. The third-order valence-electron chi connectivity index (χ3n) is 5.73. The molecule has 0 saturated carbocycles. The molecule has 1 heterocycles. The number of urea groups is 1. The van der Waals surface area contributed by atoms with Crippen molar-refractivity contribution < 1.29 is 19.2 Å². The van der Waals surface area contributed by atoms with Crippen molar-refractivity contribution in [2.24, 2.45) is 0 Å². The van der Waals surface area contributed by atoms with E-state index in [-0.39, 0.29) is 11.3 Å². The lowest BCUT2D eigenvalue weighted by atomic mass is 9.84. The molecule has 0 radical (unpaired) electrons. The normalized spacial score (nSPS) is 18.2. The number of benzene rings is 2. The average Bonchev–Trinajstić information content (AvgIpc) is 2.97. The SMILES string of the molecule is CN(C)C(=O)c1ccc(NC(=O)CN2C(=O)NC(C)(c3ccc(C(C)(C)C)cc3)C2=O)cc1. The largest absolute Gasteiger partial charge is 0.345 e. The second kappa shape index (κ2) is 8.69. The Morgan fingerprint density at radius 1 is 1.00 bits per heavy atom. The fourth-order valence-electron chi connectivity index (χ4n) is 3.64. The Morgan fingerprint density at radius 3 is 2.09 bits per heavy atom. The van der Waals surface area contributed by atoms with Crippen molar-refractivity contribution in [3.63, 3.8) is 0 Å². The van der Waals surface area contributed by atoms with Crippen LogP contribution >= 0.6 is 0 Å². The van der Waals surface area contributed by atoms with Crippen molar-refractivity contribution in [2.45, 2.75) is 38.6 Å². The fraction of sp³-hybridized carbons (Fsp3) is 0.360. The van der Waals surface area contributed by atoms with Gasteiger partial charge in [-0.25, -0.2) is 4.79 Å². The fourth-order valence-corrected chi connectivity index (χ4v) is 3.64. The van der Waals surface area contributed by atoms with Crippen molar-refractivity contribution >= 4 is 29.4 Å². The van der Waals surface area contributed by atoms with Crippen LogP contribution in [0.1, 0.15) is 49.2 Å². The molecule has 0 aromatic heterocycles. The molecule has 2 aromatic carbocycles. The molecule has 2 N–H and O–H groups in total. The Hall–Kier alpha value is -3.68. The van der Waals surface area contributed by atoms with Crippen LogP contribution in [-0.2, 0) is 20.5 Å². The number of carbonyl (C=O) groups is 4. The molecule has 5 amide bonds. The average molecular weight is 451 g/mol. The van der Waals surface area contributed by atoms with Gasteiger partial charge in [0.05, 0.1) is 0 Å². The second-order valence-electron chi connectivity index (χ2n) is 9.60. The summed E-state index contributed by atoms with van der Waals surface area (Å²) in [6.45, 7) is 7.51. The summed E-state index contributed by atoms with van der Waals surface area (Å²) in [5, 5.41) is 5.38. The summed E-state index contributed by atoms with van der Waals surface area (Å²) in [6, 6.07) is 13.3. The smallest absolute Gasteiger partial charge is 0.325 e. The lowest BCUT2D eigenvalue weighted by molar-refractivity contribution is -0.133. The minimum atomic E-state index is -1.25. The van der Waals surface area contributed by atoms with E-state index in [1.54, 1.807) is 45.3 Å². The standard InChI is InChI=1S/C25H30N4O4/c1-24(2,3)17-9-11-18(12-10-17)25(4)22(32)29(23(33)27-25)15-20(30)26-19-13-7-16(8-14-19)21(31)28(5)6/h7-14H,15H2,1-6H3,(H,26,30)(H,27,33). The molecule has 2 aromatic rings. The van der Waals surface area contributed by atoms with Gasteiger partial charge in [-0.15, -0.1) is 0 Å². The number of imide groups is 1. The Morgan fingerprint density at radius 2 is 1.58 bits per heavy atom. The molecular weight excluding hydrogens is 420 g/mol. The summed E-state index contributed by atoms with van der Waals surface area (Å²) >= 11 is 0. The maximum absolute atomic E-state index is 13.1. The Balaban J connectivity index is 1.69. The third kappa shape index (κ3) is 4.89. The van der Waals surface area contributed by atoms with Crippen LogP contribution in [0.25, 0.3) is 0 Å². The highest BCUT2D eigenvalue weighted by molar-refractivity contribution is 6.10. The van der Waals surface area contributed by atoms with Crippen LogP contribution in [0, 0.1) is 0 Å². The van der Waals surface area contributed by atoms with Crippen LogP contribution in [0.3, 0.4) is 0 Å². The molecule has 1 atom stereocenters. The number of nitrogens with one attached hydrogen (secondary N) is 2. The van der Waals surface area contributed by atoms with Crippen LogP contribution in [0.15, 0.2) is 48.5 Å². The van der Waals surface area contributed by atoms with E-state index in [9.17, 15) is 19.2 Å². The summed E-state index contributed by atoms with van der Waals surface area (Å²) in [6.07, 6.45) is 0. The van der Waals surface area contributed by atoms with Crippen LogP contribution in [0.2, 0.25) is 0 Å². The van der Waals surface area contributed by atoms with Crippen molar-refractivity contribution in [1.82, 2.24) is 15.1 Å². The van der Waals surface area contributed by atoms with Gasteiger partial charge in [0.2, 0.25) is 5.91 Å². The molecule has 3 rings (SSSR count). The highest BCUT2D eigenvalue weighted by Gasteiger charge is 2.49. The van der Waals surface area contributed by atoms with Crippen molar-refractivity contribution in [2.75, 3.05) is 26.0 Å². The van der Waals surface area contributed by atoms with Crippen molar-refractivity contribution in [1.29, 1.82) is 0 Å². The minimum Gasteiger partial charge on any atom is -0.345 e. The van der Waals surface area contributed by atoms with E-state index in [1.165, 1.54) is 4.90 Å². The zero-order valence-corrected chi connectivity index (χ0v) is 19.9. The molecule has 0 aliphatic carbocycles. The molecule has 1 aliphatic rings. The number of hydrogen-bond acceptors (Lipinski definition) is 4.